The molecule has 4 heteroatoms. The van der Waals surface area contributed by atoms with Crippen LogP contribution in [0.2, 0.25) is 0 Å². The van der Waals surface area contributed by atoms with Crippen LogP contribution in [0.25, 0.3) is 0 Å². The van der Waals surface area contributed by atoms with Gasteiger partial charge in [0.2, 0.25) is 0 Å². The Labute approximate surface area is 175 Å². The fourth-order valence-electron chi connectivity index (χ4n) is 3.54. The molecular formula is C24H19BrF2P+. The first-order valence-corrected chi connectivity index (χ1v) is 10.5. The summed E-state index contributed by atoms with van der Waals surface area (Å²) in [6, 6.07) is 34.7. The van der Waals surface area contributed by atoms with E-state index in [-0.39, 0.29) is 17.0 Å². The summed E-state index contributed by atoms with van der Waals surface area (Å²) < 4.78 is 28.0. The Morgan fingerprint density at radius 3 is 1.18 bits per heavy atom. The van der Waals surface area contributed by atoms with Crippen molar-refractivity contribution in [3.05, 3.63) is 121 Å². The molecule has 4 aromatic carbocycles. The van der Waals surface area contributed by atoms with Crippen molar-refractivity contribution >= 4 is 45.5 Å². The van der Waals surface area contributed by atoms with Gasteiger partial charge < -0.3 is 0 Å². The summed E-state index contributed by atoms with van der Waals surface area (Å²) in [7, 11) is -2.36. The Hall–Kier alpha value is -2.35. The average molecular weight is 456 g/mol. The highest BCUT2D eigenvalue weighted by atomic mass is 79.9. The van der Waals surface area contributed by atoms with Gasteiger partial charge in [0, 0.05) is 6.07 Å². The fraction of sp³-hybridized carbons (Fsp3) is 0. The zero-order valence-corrected chi connectivity index (χ0v) is 17.6. The molecule has 0 saturated carbocycles. The van der Waals surface area contributed by atoms with E-state index in [2.05, 4.69) is 36.4 Å². The van der Waals surface area contributed by atoms with E-state index in [0.717, 1.165) is 21.2 Å². The Bertz CT molecular complexity index is 941. The molecule has 0 radical (unpaired) electrons. The lowest BCUT2D eigenvalue weighted by molar-refractivity contribution is 0.509. The number of hydrogen-bond acceptors (Lipinski definition) is 0. The highest BCUT2D eigenvalue weighted by molar-refractivity contribution is 8.93. The molecule has 0 atom stereocenters. The van der Waals surface area contributed by atoms with E-state index in [1.807, 2.05) is 54.6 Å². The molecule has 140 valence electrons. The summed E-state index contributed by atoms with van der Waals surface area (Å²) in [5.74, 6) is -1.65. The van der Waals surface area contributed by atoms with Crippen molar-refractivity contribution < 1.29 is 8.78 Å². The number of rotatable bonds is 4. The summed E-state index contributed by atoms with van der Waals surface area (Å²) in [6.45, 7) is 0. The van der Waals surface area contributed by atoms with Gasteiger partial charge in [-0.2, -0.15) is 0 Å². The number of benzene rings is 4. The van der Waals surface area contributed by atoms with E-state index >= 15 is 0 Å². The molecule has 0 unspecified atom stereocenters. The molecule has 0 N–H and O–H groups in total. The largest absolute Gasteiger partial charge is 0.204 e. The number of halogens is 3. The lowest BCUT2D eigenvalue weighted by atomic mass is 10.3. The van der Waals surface area contributed by atoms with Crippen LogP contribution in [-0.4, -0.2) is 0 Å². The van der Waals surface area contributed by atoms with Gasteiger partial charge >= 0.3 is 0 Å². The lowest BCUT2D eigenvalue weighted by Crippen LogP contribution is -2.38. The first-order chi connectivity index (χ1) is 13.2. The summed E-state index contributed by atoms with van der Waals surface area (Å²) in [4.78, 5) is 0. The minimum Gasteiger partial charge on any atom is -0.204 e. The van der Waals surface area contributed by atoms with Crippen molar-refractivity contribution in [3.8, 4) is 0 Å². The molecular weight excluding hydrogens is 437 g/mol. The van der Waals surface area contributed by atoms with Crippen LogP contribution in [0, 0.1) is 11.6 Å². The van der Waals surface area contributed by atoms with Gasteiger partial charge in [0.1, 0.15) is 28.5 Å². The van der Waals surface area contributed by atoms with E-state index < -0.39 is 18.9 Å². The maximum Gasteiger partial charge on any atom is 0.162 e. The monoisotopic (exact) mass is 455 g/mol. The molecule has 4 rings (SSSR count). The van der Waals surface area contributed by atoms with Gasteiger partial charge in [-0.15, -0.1) is 17.0 Å². The predicted molar refractivity (Wildman–Crippen MR) is 121 cm³/mol. The second-order valence-electron chi connectivity index (χ2n) is 6.28. The average Bonchev–Trinajstić information content (AvgIpc) is 2.74. The minimum absolute atomic E-state index is 0. The van der Waals surface area contributed by atoms with Crippen molar-refractivity contribution in [2.45, 2.75) is 0 Å². The highest BCUT2D eigenvalue weighted by Gasteiger charge is 2.48. The first kappa shape index (κ1) is 20.4. The molecule has 0 aliphatic heterocycles. The Kier molecular flexibility index (Phi) is 6.39. The van der Waals surface area contributed by atoms with Crippen LogP contribution >= 0.6 is 24.2 Å². The van der Waals surface area contributed by atoms with Crippen molar-refractivity contribution in [3.63, 3.8) is 0 Å². The Balaban J connectivity index is 0.00000225. The molecule has 0 fully saturated rings. The van der Waals surface area contributed by atoms with Crippen LogP contribution in [0.3, 0.4) is 0 Å². The quantitative estimate of drug-likeness (QED) is 0.372. The smallest absolute Gasteiger partial charge is 0.162 e. The predicted octanol–water partition coefficient (Wildman–Crippen LogP) is 5.16. The van der Waals surface area contributed by atoms with Gasteiger partial charge in [-0.1, -0.05) is 54.6 Å². The maximum atomic E-state index is 14.3. The van der Waals surface area contributed by atoms with Crippen LogP contribution in [0.1, 0.15) is 0 Å². The lowest BCUT2D eigenvalue weighted by Gasteiger charge is -2.27. The van der Waals surface area contributed by atoms with Crippen LogP contribution in [0.4, 0.5) is 8.78 Å². The van der Waals surface area contributed by atoms with Gasteiger partial charge in [-0.05, 0) is 48.5 Å². The van der Waals surface area contributed by atoms with E-state index in [4.69, 9.17) is 0 Å². The van der Waals surface area contributed by atoms with Crippen molar-refractivity contribution in [2.24, 2.45) is 0 Å². The molecule has 4 aromatic rings. The van der Waals surface area contributed by atoms with Crippen molar-refractivity contribution in [1.82, 2.24) is 0 Å². The van der Waals surface area contributed by atoms with E-state index in [0.29, 0.717) is 0 Å². The second-order valence-corrected chi connectivity index (χ2v) is 9.68. The van der Waals surface area contributed by atoms with E-state index in [9.17, 15) is 8.78 Å². The van der Waals surface area contributed by atoms with Gasteiger partial charge in [0.05, 0.1) is 0 Å². The number of hydrogen-bond donors (Lipinski definition) is 0. The molecule has 0 heterocycles. The molecule has 0 aliphatic carbocycles. The molecule has 0 aliphatic rings. The summed E-state index contributed by atoms with van der Waals surface area (Å²) in [5, 5.41) is 4.11. The summed E-state index contributed by atoms with van der Waals surface area (Å²) >= 11 is 0. The summed E-state index contributed by atoms with van der Waals surface area (Å²) in [6.07, 6.45) is 0. The normalized spacial score (nSPS) is 10.9. The Morgan fingerprint density at radius 1 is 0.429 bits per heavy atom. The third-order valence-corrected chi connectivity index (χ3v) is 8.99. The molecule has 0 amide bonds. The molecule has 0 saturated heterocycles. The van der Waals surface area contributed by atoms with Crippen LogP contribution in [-0.2, 0) is 0 Å². The van der Waals surface area contributed by atoms with Crippen LogP contribution < -0.4 is 21.2 Å². The van der Waals surface area contributed by atoms with Gasteiger partial charge in [-0.3, -0.25) is 0 Å². The second kappa shape index (κ2) is 8.77. The van der Waals surface area contributed by atoms with Crippen LogP contribution in [0.15, 0.2) is 109 Å². The maximum absolute atomic E-state index is 14.3. The Morgan fingerprint density at radius 2 is 0.821 bits per heavy atom. The molecule has 0 nitrogen and oxygen atoms in total. The fourth-order valence-corrected chi connectivity index (χ4v) is 7.79. The van der Waals surface area contributed by atoms with E-state index in [1.54, 1.807) is 6.07 Å². The molecule has 0 aromatic heterocycles. The van der Waals surface area contributed by atoms with Gasteiger partial charge in [-0.25, -0.2) is 8.78 Å². The van der Waals surface area contributed by atoms with Gasteiger partial charge in [0.15, 0.2) is 11.6 Å². The van der Waals surface area contributed by atoms with E-state index in [1.165, 1.54) is 12.1 Å². The topological polar surface area (TPSA) is 0 Å². The molecule has 0 bridgehead atoms. The third kappa shape index (κ3) is 3.53. The molecule has 0 spiro atoms. The highest BCUT2D eigenvalue weighted by Crippen LogP contribution is 2.54. The standard InChI is InChI=1S/C24H18F2P.BrH/c25-23-17-16-22(18-24(23)26)27(19-10-4-1-5-11-19,20-12-6-2-7-13-20)21-14-8-3-9-15-21;/h1-18H;1H/q+1;. The van der Waals surface area contributed by atoms with Crippen molar-refractivity contribution in [2.75, 3.05) is 0 Å². The zero-order valence-electron chi connectivity index (χ0n) is 15.0. The summed E-state index contributed by atoms with van der Waals surface area (Å²) in [5.41, 5.74) is 0. The van der Waals surface area contributed by atoms with Crippen molar-refractivity contribution in [1.29, 1.82) is 0 Å². The first-order valence-electron chi connectivity index (χ1n) is 8.74. The zero-order chi connectivity index (χ0) is 18.7. The molecule has 28 heavy (non-hydrogen) atoms. The SMILES string of the molecule is Br.Fc1ccc([P+](c2ccccc2)(c2ccccc2)c2ccccc2)cc1F. The minimum atomic E-state index is -2.36. The third-order valence-electron chi connectivity index (χ3n) is 4.72. The van der Waals surface area contributed by atoms with Gasteiger partial charge in [0.25, 0.3) is 0 Å². The van der Waals surface area contributed by atoms with Crippen LogP contribution in [0.5, 0.6) is 0 Å².